The number of nitrogens with one attached hydrogen (secondary N) is 1. The molecule has 1 amide bonds. The van der Waals surface area contributed by atoms with Crippen molar-refractivity contribution in [3.63, 3.8) is 0 Å². The molecule has 4 nitrogen and oxygen atoms in total. The summed E-state index contributed by atoms with van der Waals surface area (Å²) in [5.74, 6) is 0.314. The van der Waals surface area contributed by atoms with Gasteiger partial charge in [-0.2, -0.15) is 0 Å². The highest BCUT2D eigenvalue weighted by atomic mass is 19.1. The van der Waals surface area contributed by atoms with E-state index in [1.54, 1.807) is 36.7 Å². The Hall–Kier alpha value is -2.43. The van der Waals surface area contributed by atoms with E-state index in [9.17, 15) is 9.18 Å². The van der Waals surface area contributed by atoms with Crippen molar-refractivity contribution in [2.24, 2.45) is 5.92 Å². The van der Waals surface area contributed by atoms with Crippen molar-refractivity contribution < 1.29 is 9.18 Å². The topological polar surface area (TPSA) is 45.2 Å². The van der Waals surface area contributed by atoms with Gasteiger partial charge in [0.05, 0.1) is 11.3 Å². The summed E-state index contributed by atoms with van der Waals surface area (Å²) in [6.07, 6.45) is 5.46. The minimum absolute atomic E-state index is 0.0172. The number of likely N-dealkylation sites (tertiary alicyclic amines) is 1. The van der Waals surface area contributed by atoms with E-state index in [0.29, 0.717) is 29.3 Å². The molecule has 5 heteroatoms. The van der Waals surface area contributed by atoms with Crippen molar-refractivity contribution in [3.05, 3.63) is 59.7 Å². The first kappa shape index (κ1) is 16.4. The Kier molecular flexibility index (Phi) is 5.08. The highest BCUT2D eigenvalue weighted by molar-refractivity contribution is 5.94. The average molecular weight is 327 g/mol. The molecular weight excluding hydrogens is 305 g/mol. The van der Waals surface area contributed by atoms with Crippen molar-refractivity contribution in [1.82, 2.24) is 9.88 Å². The van der Waals surface area contributed by atoms with E-state index >= 15 is 0 Å². The second-order valence-electron chi connectivity index (χ2n) is 6.41. The third kappa shape index (κ3) is 3.91. The molecule has 24 heavy (non-hydrogen) atoms. The van der Waals surface area contributed by atoms with Crippen LogP contribution in [0.4, 0.5) is 10.1 Å². The third-order valence-electron chi connectivity index (χ3n) is 4.37. The van der Waals surface area contributed by atoms with E-state index in [-0.39, 0.29) is 11.7 Å². The summed E-state index contributed by atoms with van der Waals surface area (Å²) in [5.41, 5.74) is 1.87. The van der Waals surface area contributed by atoms with E-state index in [2.05, 4.69) is 17.2 Å². The zero-order valence-electron chi connectivity index (χ0n) is 13.8. The lowest BCUT2D eigenvalue weighted by Crippen LogP contribution is -2.39. The molecule has 0 saturated carbocycles. The Bertz CT molecular complexity index is 719. The Morgan fingerprint density at radius 3 is 3.00 bits per heavy atom. The fourth-order valence-corrected chi connectivity index (χ4v) is 3.05. The van der Waals surface area contributed by atoms with Gasteiger partial charge in [0.25, 0.3) is 5.91 Å². The maximum Gasteiger partial charge on any atom is 0.255 e. The molecule has 1 fully saturated rings. The number of carbonyl (C=O) groups excluding carboxylic acids is 1. The molecule has 1 N–H and O–H groups in total. The van der Waals surface area contributed by atoms with Crippen LogP contribution in [0.2, 0.25) is 0 Å². The number of hydrogen-bond donors (Lipinski definition) is 1. The van der Waals surface area contributed by atoms with Gasteiger partial charge in [-0.15, -0.1) is 0 Å². The van der Waals surface area contributed by atoms with E-state index in [4.69, 9.17) is 0 Å². The predicted octanol–water partition coefficient (Wildman–Crippen LogP) is 3.70. The zero-order valence-corrected chi connectivity index (χ0v) is 13.8. The predicted molar refractivity (Wildman–Crippen MR) is 92.3 cm³/mol. The first-order chi connectivity index (χ1) is 11.6. The SMILES string of the molecule is CC1CCCN(C(=O)c2cncc(NCc3ccccc3F)c2)C1. The zero-order chi connectivity index (χ0) is 16.9. The molecular formula is C19H22FN3O. The number of piperidine rings is 1. The maximum atomic E-state index is 13.7. The number of amides is 1. The van der Waals surface area contributed by atoms with Crippen molar-refractivity contribution in [1.29, 1.82) is 0 Å². The van der Waals surface area contributed by atoms with E-state index in [0.717, 1.165) is 19.5 Å². The molecule has 1 aliphatic rings. The number of carbonyl (C=O) groups is 1. The third-order valence-corrected chi connectivity index (χ3v) is 4.37. The molecule has 0 radical (unpaired) electrons. The van der Waals surface area contributed by atoms with Gasteiger partial charge in [-0.3, -0.25) is 9.78 Å². The molecule has 1 aromatic heterocycles. The van der Waals surface area contributed by atoms with Crippen molar-refractivity contribution in [3.8, 4) is 0 Å². The van der Waals surface area contributed by atoms with Crippen LogP contribution in [0.5, 0.6) is 0 Å². The van der Waals surface area contributed by atoms with Gasteiger partial charge in [0.15, 0.2) is 0 Å². The van der Waals surface area contributed by atoms with E-state index < -0.39 is 0 Å². The number of halogens is 1. The Morgan fingerprint density at radius 2 is 2.21 bits per heavy atom. The largest absolute Gasteiger partial charge is 0.380 e. The Morgan fingerprint density at radius 1 is 1.38 bits per heavy atom. The van der Waals surface area contributed by atoms with Crippen LogP contribution in [0.3, 0.4) is 0 Å². The van der Waals surface area contributed by atoms with Gasteiger partial charge in [0.2, 0.25) is 0 Å². The van der Waals surface area contributed by atoms with Crippen LogP contribution in [0.1, 0.15) is 35.7 Å². The Labute approximate surface area is 141 Å². The lowest BCUT2D eigenvalue weighted by molar-refractivity contribution is 0.0682. The number of hydrogen-bond acceptors (Lipinski definition) is 3. The second kappa shape index (κ2) is 7.43. The van der Waals surface area contributed by atoms with Crippen LogP contribution in [-0.2, 0) is 6.54 Å². The summed E-state index contributed by atoms with van der Waals surface area (Å²) < 4.78 is 13.7. The summed E-state index contributed by atoms with van der Waals surface area (Å²) in [5, 5.41) is 3.14. The van der Waals surface area contributed by atoms with Gasteiger partial charge < -0.3 is 10.2 Å². The molecule has 1 unspecified atom stereocenters. The molecule has 0 spiro atoms. The molecule has 2 heterocycles. The van der Waals surface area contributed by atoms with Crippen molar-refractivity contribution in [2.45, 2.75) is 26.3 Å². The summed E-state index contributed by atoms with van der Waals surface area (Å²) in [6.45, 7) is 4.12. The highest BCUT2D eigenvalue weighted by Gasteiger charge is 2.22. The molecule has 3 rings (SSSR count). The molecule has 126 valence electrons. The number of nitrogens with zero attached hydrogens (tertiary/aromatic N) is 2. The number of rotatable bonds is 4. The number of benzene rings is 1. The molecule has 2 aromatic rings. The molecule has 1 aromatic carbocycles. The van der Waals surface area contributed by atoms with Crippen molar-refractivity contribution >= 4 is 11.6 Å². The number of aromatic nitrogens is 1. The van der Waals surface area contributed by atoms with Gasteiger partial charge in [0.1, 0.15) is 5.82 Å². The number of pyridine rings is 1. The molecule has 0 aliphatic carbocycles. The number of anilines is 1. The van der Waals surface area contributed by atoms with Gasteiger partial charge in [-0.05, 0) is 30.9 Å². The van der Waals surface area contributed by atoms with Crippen LogP contribution < -0.4 is 5.32 Å². The van der Waals surface area contributed by atoms with Gasteiger partial charge >= 0.3 is 0 Å². The van der Waals surface area contributed by atoms with Gasteiger partial charge in [-0.1, -0.05) is 25.1 Å². The van der Waals surface area contributed by atoms with E-state index in [1.165, 1.54) is 12.5 Å². The van der Waals surface area contributed by atoms with Crippen LogP contribution >= 0.6 is 0 Å². The fourth-order valence-electron chi connectivity index (χ4n) is 3.05. The average Bonchev–Trinajstić information content (AvgIpc) is 2.61. The quantitative estimate of drug-likeness (QED) is 0.931. The molecule has 1 aliphatic heterocycles. The normalized spacial score (nSPS) is 17.6. The van der Waals surface area contributed by atoms with Crippen LogP contribution in [0, 0.1) is 11.7 Å². The lowest BCUT2D eigenvalue weighted by Gasteiger charge is -2.31. The molecule has 1 saturated heterocycles. The van der Waals surface area contributed by atoms with Crippen LogP contribution in [0.25, 0.3) is 0 Å². The highest BCUT2D eigenvalue weighted by Crippen LogP contribution is 2.19. The Balaban J connectivity index is 1.67. The van der Waals surface area contributed by atoms with Crippen LogP contribution in [0.15, 0.2) is 42.7 Å². The summed E-state index contributed by atoms with van der Waals surface area (Å²) >= 11 is 0. The smallest absolute Gasteiger partial charge is 0.255 e. The summed E-state index contributed by atoms with van der Waals surface area (Å²) in [7, 11) is 0. The summed E-state index contributed by atoms with van der Waals surface area (Å²) in [4.78, 5) is 18.7. The van der Waals surface area contributed by atoms with Crippen LogP contribution in [-0.4, -0.2) is 28.9 Å². The first-order valence-electron chi connectivity index (χ1n) is 8.35. The van der Waals surface area contributed by atoms with Gasteiger partial charge in [0, 0.05) is 37.6 Å². The van der Waals surface area contributed by atoms with Gasteiger partial charge in [-0.25, -0.2) is 4.39 Å². The molecule has 0 bridgehead atoms. The second-order valence-corrected chi connectivity index (χ2v) is 6.41. The molecule has 1 atom stereocenters. The first-order valence-corrected chi connectivity index (χ1v) is 8.35. The minimum atomic E-state index is -0.243. The maximum absolute atomic E-state index is 13.7. The standard InChI is InChI=1S/C19H22FN3O/c1-14-5-4-8-23(13-14)19(24)16-9-17(12-21-10-16)22-11-15-6-2-3-7-18(15)20/h2-3,6-7,9-10,12,14,22H,4-5,8,11,13H2,1H3. The summed E-state index contributed by atoms with van der Waals surface area (Å²) in [6, 6.07) is 8.43. The fraction of sp³-hybridized carbons (Fsp3) is 0.368. The van der Waals surface area contributed by atoms with E-state index in [1.807, 2.05) is 4.90 Å². The monoisotopic (exact) mass is 327 g/mol. The van der Waals surface area contributed by atoms with Crippen molar-refractivity contribution in [2.75, 3.05) is 18.4 Å². The minimum Gasteiger partial charge on any atom is -0.380 e. The lowest BCUT2D eigenvalue weighted by atomic mass is 10.00.